The minimum absolute atomic E-state index is 0.136. The molecule has 0 saturated heterocycles. The summed E-state index contributed by atoms with van der Waals surface area (Å²) in [5, 5.41) is 6.41. The molecule has 0 heterocycles. The van der Waals surface area contributed by atoms with E-state index in [0.717, 1.165) is 28.4 Å². The molecule has 134 valence electrons. The quantitative estimate of drug-likeness (QED) is 0.432. The third-order valence-electron chi connectivity index (χ3n) is 3.69. The van der Waals surface area contributed by atoms with Crippen molar-refractivity contribution < 1.29 is 14.3 Å². The number of hydrogen-bond acceptors (Lipinski definition) is 4. The van der Waals surface area contributed by atoms with E-state index in [1.165, 1.54) is 6.21 Å². The molecule has 3 rings (SSSR count). The highest BCUT2D eigenvalue weighted by molar-refractivity contribution is 9.10. The van der Waals surface area contributed by atoms with Crippen LogP contribution in [0.15, 0.2) is 58.1 Å². The molecule has 26 heavy (non-hydrogen) atoms. The van der Waals surface area contributed by atoms with Crippen LogP contribution in [0.25, 0.3) is 0 Å². The molecule has 1 aliphatic rings. The highest BCUT2D eigenvalue weighted by Crippen LogP contribution is 2.26. The van der Waals surface area contributed by atoms with Crippen LogP contribution in [-0.2, 0) is 16.2 Å². The normalized spacial score (nSPS) is 13.4. The number of benzene rings is 2. The van der Waals surface area contributed by atoms with Gasteiger partial charge in [-0.3, -0.25) is 9.59 Å². The van der Waals surface area contributed by atoms with Gasteiger partial charge in [-0.05, 0) is 58.1 Å². The van der Waals surface area contributed by atoms with Gasteiger partial charge in [-0.25, -0.2) is 5.43 Å². The fourth-order valence-electron chi connectivity index (χ4n) is 2.14. The van der Waals surface area contributed by atoms with Gasteiger partial charge in [0, 0.05) is 6.04 Å². The number of nitrogens with one attached hydrogen (secondary N) is 2. The van der Waals surface area contributed by atoms with Gasteiger partial charge in [0.05, 0.1) is 10.7 Å². The number of amides is 2. The summed E-state index contributed by atoms with van der Waals surface area (Å²) in [6.07, 6.45) is 3.32. The van der Waals surface area contributed by atoms with E-state index in [1.54, 1.807) is 0 Å². The van der Waals surface area contributed by atoms with Gasteiger partial charge in [-0.1, -0.05) is 30.3 Å². The van der Waals surface area contributed by atoms with Crippen LogP contribution < -0.4 is 15.5 Å². The van der Waals surface area contributed by atoms with E-state index in [9.17, 15) is 9.59 Å². The summed E-state index contributed by atoms with van der Waals surface area (Å²) in [6, 6.07) is 15.5. The van der Waals surface area contributed by atoms with Crippen LogP contribution in [0.5, 0.6) is 5.75 Å². The topological polar surface area (TPSA) is 79.8 Å². The maximum atomic E-state index is 11.6. The summed E-state index contributed by atoms with van der Waals surface area (Å²) >= 11 is 3.46. The molecular weight excluding hydrogens is 398 g/mol. The molecule has 0 bridgehead atoms. The van der Waals surface area contributed by atoms with E-state index >= 15 is 0 Å². The Bertz CT molecular complexity index is 820. The summed E-state index contributed by atoms with van der Waals surface area (Å²) in [5.74, 6) is -0.718. The lowest BCUT2D eigenvalue weighted by atomic mass is 10.2. The predicted molar refractivity (Wildman–Crippen MR) is 102 cm³/mol. The Hall–Kier alpha value is -2.67. The summed E-state index contributed by atoms with van der Waals surface area (Å²) in [5.41, 5.74) is 4.05. The molecule has 0 aromatic heterocycles. The van der Waals surface area contributed by atoms with Crippen LogP contribution in [0, 0.1) is 0 Å². The van der Waals surface area contributed by atoms with Crippen LogP contribution in [0.2, 0.25) is 0 Å². The SMILES string of the molecule is O=C(N/N=C\c1ccc(OCc2ccccc2)c(Br)c1)C(=O)NC1CC1. The minimum Gasteiger partial charge on any atom is -0.488 e. The monoisotopic (exact) mass is 415 g/mol. The molecule has 2 N–H and O–H groups in total. The molecule has 2 aromatic rings. The van der Waals surface area contributed by atoms with Crippen molar-refractivity contribution in [3.63, 3.8) is 0 Å². The first kappa shape index (κ1) is 18.1. The molecule has 0 atom stereocenters. The van der Waals surface area contributed by atoms with E-state index in [1.807, 2.05) is 48.5 Å². The van der Waals surface area contributed by atoms with Crippen molar-refractivity contribution in [1.29, 1.82) is 0 Å². The first-order valence-corrected chi connectivity index (χ1v) is 9.01. The molecule has 0 unspecified atom stereocenters. The maximum absolute atomic E-state index is 11.6. The number of carbonyl (C=O) groups excluding carboxylic acids is 2. The summed E-state index contributed by atoms with van der Waals surface area (Å²) in [6.45, 7) is 0.471. The van der Waals surface area contributed by atoms with Crippen molar-refractivity contribution in [2.75, 3.05) is 0 Å². The Balaban J connectivity index is 1.51. The Morgan fingerprint density at radius 3 is 2.62 bits per heavy atom. The second kappa shape index (κ2) is 8.62. The Labute approximate surface area is 159 Å². The third-order valence-corrected chi connectivity index (χ3v) is 4.31. The lowest BCUT2D eigenvalue weighted by molar-refractivity contribution is -0.139. The van der Waals surface area contributed by atoms with Crippen LogP contribution in [0.1, 0.15) is 24.0 Å². The molecule has 0 spiro atoms. The van der Waals surface area contributed by atoms with Crippen LogP contribution in [0.3, 0.4) is 0 Å². The molecule has 2 amide bonds. The largest absolute Gasteiger partial charge is 0.488 e. The van der Waals surface area contributed by atoms with Crippen molar-refractivity contribution in [1.82, 2.24) is 10.7 Å². The van der Waals surface area contributed by atoms with Crippen molar-refractivity contribution in [3.8, 4) is 5.75 Å². The average molecular weight is 416 g/mol. The number of carbonyl (C=O) groups is 2. The number of nitrogens with zero attached hydrogens (tertiary/aromatic N) is 1. The molecule has 1 fully saturated rings. The van der Waals surface area contributed by atoms with Gasteiger partial charge in [-0.2, -0.15) is 5.10 Å². The minimum atomic E-state index is -0.768. The summed E-state index contributed by atoms with van der Waals surface area (Å²) in [4.78, 5) is 23.1. The first-order chi connectivity index (χ1) is 12.6. The zero-order valence-corrected chi connectivity index (χ0v) is 15.5. The molecule has 1 saturated carbocycles. The van der Waals surface area contributed by atoms with E-state index in [-0.39, 0.29) is 6.04 Å². The lowest BCUT2D eigenvalue weighted by Crippen LogP contribution is -2.38. The number of ether oxygens (including phenoxy) is 1. The fraction of sp³-hybridized carbons (Fsp3) is 0.211. The lowest BCUT2D eigenvalue weighted by Gasteiger charge is -2.08. The van der Waals surface area contributed by atoms with E-state index < -0.39 is 11.8 Å². The number of hydrazone groups is 1. The van der Waals surface area contributed by atoms with Crippen molar-refractivity contribution in [2.45, 2.75) is 25.5 Å². The van der Waals surface area contributed by atoms with E-state index in [2.05, 4.69) is 31.8 Å². The molecule has 2 aromatic carbocycles. The van der Waals surface area contributed by atoms with Crippen molar-refractivity contribution in [2.24, 2.45) is 5.10 Å². The van der Waals surface area contributed by atoms with Gasteiger partial charge < -0.3 is 10.1 Å². The summed E-state index contributed by atoms with van der Waals surface area (Å²) in [7, 11) is 0. The number of halogens is 1. The zero-order chi connectivity index (χ0) is 18.4. The van der Waals surface area contributed by atoms with Crippen molar-refractivity contribution >= 4 is 34.0 Å². The Morgan fingerprint density at radius 1 is 1.15 bits per heavy atom. The van der Waals surface area contributed by atoms with Gasteiger partial charge >= 0.3 is 11.8 Å². The second-order valence-electron chi connectivity index (χ2n) is 5.91. The molecule has 0 radical (unpaired) electrons. The molecular formula is C19H18BrN3O3. The molecule has 1 aliphatic carbocycles. The smallest absolute Gasteiger partial charge is 0.329 e. The van der Waals surface area contributed by atoms with Crippen LogP contribution >= 0.6 is 15.9 Å². The Kier molecular flexibility index (Phi) is 6.01. The Morgan fingerprint density at radius 2 is 1.92 bits per heavy atom. The van der Waals surface area contributed by atoms with Gasteiger partial charge in [-0.15, -0.1) is 0 Å². The molecule has 0 aliphatic heterocycles. The highest BCUT2D eigenvalue weighted by atomic mass is 79.9. The van der Waals surface area contributed by atoms with Crippen LogP contribution in [-0.4, -0.2) is 24.1 Å². The third kappa shape index (κ3) is 5.42. The standard InChI is InChI=1S/C19H18BrN3O3/c20-16-10-14(11-21-23-19(25)18(24)22-15-7-8-15)6-9-17(16)26-12-13-4-2-1-3-5-13/h1-6,9-11,15H,7-8,12H2,(H,22,24)(H,23,25)/b21-11-. The van der Waals surface area contributed by atoms with E-state index in [0.29, 0.717) is 12.4 Å². The second-order valence-corrected chi connectivity index (χ2v) is 6.77. The zero-order valence-electron chi connectivity index (χ0n) is 13.9. The van der Waals surface area contributed by atoms with Crippen molar-refractivity contribution in [3.05, 3.63) is 64.1 Å². The average Bonchev–Trinajstić information content (AvgIpc) is 3.45. The molecule has 7 heteroatoms. The number of rotatable bonds is 6. The van der Waals surface area contributed by atoms with E-state index in [4.69, 9.17) is 4.74 Å². The van der Waals surface area contributed by atoms with Gasteiger partial charge in [0.15, 0.2) is 0 Å². The van der Waals surface area contributed by atoms with Gasteiger partial charge in [0.2, 0.25) is 0 Å². The van der Waals surface area contributed by atoms with Crippen LogP contribution in [0.4, 0.5) is 0 Å². The first-order valence-electron chi connectivity index (χ1n) is 8.22. The highest BCUT2D eigenvalue weighted by Gasteiger charge is 2.26. The molecule has 6 nitrogen and oxygen atoms in total. The number of hydrogen-bond donors (Lipinski definition) is 2. The predicted octanol–water partition coefficient (Wildman–Crippen LogP) is 2.76. The van der Waals surface area contributed by atoms with Gasteiger partial charge in [0.1, 0.15) is 12.4 Å². The summed E-state index contributed by atoms with van der Waals surface area (Å²) < 4.78 is 6.55. The maximum Gasteiger partial charge on any atom is 0.329 e. The fourth-order valence-corrected chi connectivity index (χ4v) is 2.66. The van der Waals surface area contributed by atoms with Gasteiger partial charge in [0.25, 0.3) is 0 Å².